The number of alkyl halides is 3. The van der Waals surface area contributed by atoms with Crippen molar-refractivity contribution in [3.8, 4) is 0 Å². The fourth-order valence-corrected chi connectivity index (χ4v) is 1.22. The molecule has 0 unspecified atom stereocenters. The van der Waals surface area contributed by atoms with Crippen LogP contribution in [0.4, 0.5) is 24.5 Å². The summed E-state index contributed by atoms with van der Waals surface area (Å²) < 4.78 is 35.9. The van der Waals surface area contributed by atoms with Crippen LogP contribution in [0.15, 0.2) is 18.2 Å². The van der Waals surface area contributed by atoms with Crippen LogP contribution in [0.3, 0.4) is 0 Å². The third kappa shape index (κ3) is 3.11. The van der Waals surface area contributed by atoms with Crippen LogP contribution < -0.4 is 5.32 Å². The number of aryl methyl sites for hydroxylation is 1. The molecule has 0 saturated carbocycles. The van der Waals surface area contributed by atoms with Gasteiger partial charge >= 0.3 is 6.18 Å². The zero-order valence-electron chi connectivity index (χ0n) is 8.34. The van der Waals surface area contributed by atoms with Gasteiger partial charge in [0.15, 0.2) is 0 Å². The molecule has 0 aliphatic rings. The van der Waals surface area contributed by atoms with Crippen molar-refractivity contribution >= 4 is 11.4 Å². The topological polar surface area (TPSA) is 55.2 Å². The lowest BCUT2D eigenvalue weighted by atomic mass is 10.1. The Morgan fingerprint density at radius 2 is 2.06 bits per heavy atom. The van der Waals surface area contributed by atoms with Gasteiger partial charge in [-0.1, -0.05) is 12.1 Å². The molecule has 0 amide bonds. The first-order chi connectivity index (χ1) is 7.31. The van der Waals surface area contributed by atoms with Crippen molar-refractivity contribution in [2.75, 3.05) is 11.9 Å². The first-order valence-electron chi connectivity index (χ1n) is 4.36. The van der Waals surface area contributed by atoms with E-state index in [0.29, 0.717) is 5.56 Å². The second kappa shape index (κ2) is 4.38. The highest BCUT2D eigenvalue weighted by molar-refractivity contribution is 5.65. The van der Waals surface area contributed by atoms with Crippen LogP contribution in [-0.2, 0) is 0 Å². The number of halogens is 3. The van der Waals surface area contributed by atoms with Crippen LogP contribution in [0.2, 0.25) is 0 Å². The lowest BCUT2D eigenvalue weighted by molar-refractivity contribution is -0.384. The van der Waals surface area contributed by atoms with Gasteiger partial charge in [-0.05, 0) is 12.5 Å². The molecule has 0 radical (unpaired) electrons. The normalized spacial score (nSPS) is 11.2. The van der Waals surface area contributed by atoms with E-state index in [2.05, 4.69) is 0 Å². The fourth-order valence-electron chi connectivity index (χ4n) is 1.22. The van der Waals surface area contributed by atoms with Crippen molar-refractivity contribution in [2.24, 2.45) is 0 Å². The summed E-state index contributed by atoms with van der Waals surface area (Å²) in [6, 6.07) is 4.09. The molecule has 0 aliphatic heterocycles. The first kappa shape index (κ1) is 12.3. The Balaban J connectivity index is 2.98. The number of hydrogen-bond donors (Lipinski definition) is 1. The maximum Gasteiger partial charge on any atom is 0.405 e. The van der Waals surface area contributed by atoms with Gasteiger partial charge in [-0.2, -0.15) is 13.2 Å². The van der Waals surface area contributed by atoms with Crippen LogP contribution in [0.1, 0.15) is 5.56 Å². The minimum absolute atomic E-state index is 0.0928. The molecule has 0 aromatic heterocycles. The number of nitro groups is 1. The summed E-state index contributed by atoms with van der Waals surface area (Å²) in [4.78, 5) is 9.87. The zero-order chi connectivity index (χ0) is 12.3. The summed E-state index contributed by atoms with van der Waals surface area (Å²) >= 11 is 0. The van der Waals surface area contributed by atoms with Gasteiger partial charge < -0.3 is 5.32 Å². The minimum Gasteiger partial charge on any atom is -0.371 e. The molecule has 1 N–H and O–H groups in total. The maximum atomic E-state index is 12.0. The monoisotopic (exact) mass is 234 g/mol. The fraction of sp³-hybridized carbons (Fsp3) is 0.333. The minimum atomic E-state index is -4.41. The summed E-state index contributed by atoms with van der Waals surface area (Å²) in [5.74, 6) is 0. The van der Waals surface area contributed by atoms with Gasteiger partial charge in [0.05, 0.1) is 4.92 Å². The molecule has 1 aromatic carbocycles. The Kier molecular flexibility index (Phi) is 3.36. The number of nitrogens with one attached hydrogen (secondary N) is 1. The number of benzene rings is 1. The van der Waals surface area contributed by atoms with E-state index in [1.54, 1.807) is 0 Å². The quantitative estimate of drug-likeness (QED) is 0.646. The molecule has 0 aliphatic carbocycles. The number of nitro benzene ring substituents is 1. The third-order valence-corrected chi connectivity index (χ3v) is 1.91. The number of hydrogen-bond acceptors (Lipinski definition) is 3. The van der Waals surface area contributed by atoms with Crippen molar-refractivity contribution in [1.82, 2.24) is 0 Å². The highest BCUT2D eigenvalue weighted by Gasteiger charge is 2.28. The van der Waals surface area contributed by atoms with E-state index in [9.17, 15) is 23.3 Å². The van der Waals surface area contributed by atoms with Crippen LogP contribution in [0.5, 0.6) is 0 Å². The highest BCUT2D eigenvalue weighted by atomic mass is 19.4. The van der Waals surface area contributed by atoms with Crippen LogP contribution >= 0.6 is 0 Å². The van der Waals surface area contributed by atoms with E-state index in [4.69, 9.17) is 0 Å². The average Bonchev–Trinajstić information content (AvgIpc) is 2.13. The number of nitrogens with zero attached hydrogens (tertiary/aromatic N) is 1. The van der Waals surface area contributed by atoms with Crippen molar-refractivity contribution in [1.29, 1.82) is 0 Å². The summed E-state index contributed by atoms with van der Waals surface area (Å²) in [5, 5.41) is 12.6. The summed E-state index contributed by atoms with van der Waals surface area (Å²) in [7, 11) is 0. The van der Waals surface area contributed by atoms with E-state index in [0.717, 1.165) is 6.07 Å². The maximum absolute atomic E-state index is 12.0. The van der Waals surface area contributed by atoms with E-state index in [1.165, 1.54) is 19.1 Å². The molecule has 88 valence electrons. The van der Waals surface area contributed by atoms with Crippen LogP contribution in [0.25, 0.3) is 0 Å². The molecule has 0 bridgehead atoms. The molecule has 4 nitrogen and oxygen atoms in total. The predicted octanol–water partition coefficient (Wildman–Crippen LogP) is 2.88. The van der Waals surface area contributed by atoms with Gasteiger partial charge in [0.1, 0.15) is 12.2 Å². The SMILES string of the molecule is Cc1cccc([N+](=O)[O-])c1NCC(F)(F)F. The molecule has 0 spiro atoms. The second-order valence-electron chi connectivity index (χ2n) is 3.19. The second-order valence-corrected chi connectivity index (χ2v) is 3.19. The molecular weight excluding hydrogens is 225 g/mol. The standard InChI is InChI=1S/C9H9F3N2O2/c1-6-3-2-4-7(14(15)16)8(6)13-5-9(10,11)12/h2-4,13H,5H2,1H3. The zero-order valence-corrected chi connectivity index (χ0v) is 8.34. The van der Waals surface area contributed by atoms with Gasteiger partial charge in [0, 0.05) is 6.07 Å². The Hall–Kier alpha value is -1.79. The molecule has 0 heterocycles. The van der Waals surface area contributed by atoms with Gasteiger partial charge in [-0.15, -0.1) is 0 Å². The molecule has 16 heavy (non-hydrogen) atoms. The van der Waals surface area contributed by atoms with Crippen molar-refractivity contribution in [3.05, 3.63) is 33.9 Å². The predicted molar refractivity (Wildman–Crippen MR) is 52.4 cm³/mol. The van der Waals surface area contributed by atoms with Gasteiger partial charge in [0.2, 0.25) is 0 Å². The van der Waals surface area contributed by atoms with Crippen molar-refractivity contribution < 1.29 is 18.1 Å². The lowest BCUT2D eigenvalue weighted by Gasteiger charge is -2.11. The summed E-state index contributed by atoms with van der Waals surface area (Å²) in [6.45, 7) is 0.213. The summed E-state index contributed by atoms with van der Waals surface area (Å²) in [5.41, 5.74) is -0.0486. The number of para-hydroxylation sites is 1. The van der Waals surface area contributed by atoms with Crippen molar-refractivity contribution in [3.63, 3.8) is 0 Å². The van der Waals surface area contributed by atoms with Crippen LogP contribution in [-0.4, -0.2) is 17.6 Å². The van der Waals surface area contributed by atoms with E-state index < -0.39 is 17.6 Å². The molecule has 0 atom stereocenters. The van der Waals surface area contributed by atoms with Gasteiger partial charge in [-0.25, -0.2) is 0 Å². The summed E-state index contributed by atoms with van der Waals surface area (Å²) in [6.07, 6.45) is -4.41. The van der Waals surface area contributed by atoms with Gasteiger partial charge in [-0.3, -0.25) is 10.1 Å². The first-order valence-corrected chi connectivity index (χ1v) is 4.36. The molecule has 0 saturated heterocycles. The molecule has 7 heteroatoms. The smallest absolute Gasteiger partial charge is 0.371 e. The average molecular weight is 234 g/mol. The van der Waals surface area contributed by atoms with E-state index in [-0.39, 0.29) is 11.4 Å². The largest absolute Gasteiger partial charge is 0.405 e. The van der Waals surface area contributed by atoms with E-state index in [1.807, 2.05) is 5.32 Å². The Bertz CT molecular complexity index is 404. The number of anilines is 1. The Morgan fingerprint density at radius 3 is 2.56 bits per heavy atom. The van der Waals surface area contributed by atoms with Gasteiger partial charge in [0.25, 0.3) is 5.69 Å². The lowest BCUT2D eigenvalue weighted by Crippen LogP contribution is -2.22. The van der Waals surface area contributed by atoms with E-state index >= 15 is 0 Å². The van der Waals surface area contributed by atoms with Crippen LogP contribution in [0, 0.1) is 17.0 Å². The third-order valence-electron chi connectivity index (χ3n) is 1.91. The molecular formula is C9H9F3N2O2. The molecule has 1 rings (SSSR count). The Morgan fingerprint density at radius 1 is 1.44 bits per heavy atom. The van der Waals surface area contributed by atoms with Crippen molar-refractivity contribution in [2.45, 2.75) is 13.1 Å². The molecule has 1 aromatic rings. The number of rotatable bonds is 3. The molecule has 0 fully saturated rings. The highest BCUT2D eigenvalue weighted by Crippen LogP contribution is 2.28. The Labute approximate surface area is 89.2 Å².